The van der Waals surface area contributed by atoms with Crippen LogP contribution < -0.4 is 15.5 Å². The Morgan fingerprint density at radius 2 is 2.03 bits per heavy atom. The fourth-order valence-electron chi connectivity index (χ4n) is 2.60. The number of likely N-dealkylation sites (N-methyl/N-ethyl adjacent to an activating group) is 1. The summed E-state index contributed by atoms with van der Waals surface area (Å²) in [6.45, 7) is 7.55. The van der Waals surface area contributed by atoms with E-state index in [1.54, 1.807) is 14.0 Å². The van der Waals surface area contributed by atoms with Crippen molar-refractivity contribution < 1.29 is 9.53 Å². The van der Waals surface area contributed by atoms with Gasteiger partial charge in [0.1, 0.15) is 9.88 Å². The molecule has 1 heterocycles. The van der Waals surface area contributed by atoms with Crippen LogP contribution in [0, 0.1) is 6.92 Å². The molecule has 29 heavy (non-hydrogen) atoms. The van der Waals surface area contributed by atoms with Crippen molar-refractivity contribution in [3.8, 4) is 0 Å². The largest absolute Gasteiger partial charge is 0.462 e. The van der Waals surface area contributed by atoms with E-state index in [0.29, 0.717) is 23.1 Å². The molecule has 160 valence electrons. The zero-order valence-electron chi connectivity index (χ0n) is 17.6. The number of para-hydroxylation sites is 1. The molecule has 0 bridgehead atoms. The van der Waals surface area contributed by atoms with Gasteiger partial charge in [-0.15, -0.1) is 35.3 Å². The second-order valence-corrected chi connectivity index (χ2v) is 7.34. The van der Waals surface area contributed by atoms with Crippen LogP contribution in [-0.4, -0.2) is 50.7 Å². The second-order valence-electron chi connectivity index (χ2n) is 6.31. The number of anilines is 1. The highest BCUT2D eigenvalue weighted by Gasteiger charge is 2.20. The number of thiazole rings is 1. The Labute approximate surface area is 194 Å². The van der Waals surface area contributed by atoms with E-state index in [-0.39, 0.29) is 36.0 Å². The molecule has 0 fully saturated rings. The molecular weight excluding hydrogens is 501 g/mol. The average molecular weight is 531 g/mol. The summed E-state index contributed by atoms with van der Waals surface area (Å²) in [4.78, 5) is 23.5. The van der Waals surface area contributed by atoms with E-state index >= 15 is 0 Å². The van der Waals surface area contributed by atoms with E-state index < -0.39 is 0 Å². The van der Waals surface area contributed by atoms with Crippen molar-refractivity contribution in [2.45, 2.75) is 26.8 Å². The molecule has 0 radical (unpaired) electrons. The van der Waals surface area contributed by atoms with Gasteiger partial charge in [0.05, 0.1) is 18.3 Å². The van der Waals surface area contributed by atoms with Crippen molar-refractivity contribution in [2.24, 2.45) is 4.99 Å². The average Bonchev–Trinajstić information content (AvgIpc) is 3.09. The van der Waals surface area contributed by atoms with E-state index in [2.05, 4.69) is 44.7 Å². The third-order valence-electron chi connectivity index (χ3n) is 4.16. The van der Waals surface area contributed by atoms with Crippen LogP contribution in [0.25, 0.3) is 0 Å². The molecule has 9 heteroatoms. The van der Waals surface area contributed by atoms with E-state index in [9.17, 15) is 4.79 Å². The molecule has 1 atom stereocenters. The van der Waals surface area contributed by atoms with Gasteiger partial charge in [0.25, 0.3) is 0 Å². The first-order valence-corrected chi connectivity index (χ1v) is 10.2. The van der Waals surface area contributed by atoms with Crippen LogP contribution in [0.4, 0.5) is 5.69 Å². The number of benzene rings is 1. The van der Waals surface area contributed by atoms with Gasteiger partial charge in [0.2, 0.25) is 0 Å². The zero-order valence-corrected chi connectivity index (χ0v) is 20.7. The van der Waals surface area contributed by atoms with Gasteiger partial charge in [-0.3, -0.25) is 4.99 Å². The maximum absolute atomic E-state index is 12.0. The van der Waals surface area contributed by atoms with E-state index in [0.717, 1.165) is 18.1 Å². The molecule has 1 aromatic carbocycles. The predicted octanol–water partition coefficient (Wildman–Crippen LogP) is 3.61. The van der Waals surface area contributed by atoms with Crippen LogP contribution in [-0.2, 0) is 4.74 Å². The fraction of sp³-hybridized carbons (Fsp3) is 0.450. The molecule has 2 rings (SSSR count). The van der Waals surface area contributed by atoms with Crippen molar-refractivity contribution in [2.75, 3.05) is 38.7 Å². The second kappa shape index (κ2) is 12.6. The number of halogens is 1. The highest BCUT2D eigenvalue weighted by atomic mass is 127. The van der Waals surface area contributed by atoms with Crippen molar-refractivity contribution >= 4 is 52.9 Å². The summed E-state index contributed by atoms with van der Waals surface area (Å²) in [6, 6.07) is 10.2. The minimum Gasteiger partial charge on any atom is -0.462 e. The number of nitrogens with one attached hydrogen (secondary N) is 2. The normalized spacial score (nSPS) is 12.0. The number of guanidine groups is 1. The van der Waals surface area contributed by atoms with Crippen LogP contribution >= 0.6 is 35.3 Å². The lowest BCUT2D eigenvalue weighted by Gasteiger charge is -2.21. The molecule has 7 nitrogen and oxygen atoms in total. The minimum atomic E-state index is -0.317. The Kier molecular flexibility index (Phi) is 11.0. The smallest absolute Gasteiger partial charge is 0.350 e. The van der Waals surface area contributed by atoms with Crippen molar-refractivity contribution in [1.29, 1.82) is 0 Å². The molecule has 0 saturated carbocycles. The number of carbonyl (C=O) groups is 1. The zero-order chi connectivity index (χ0) is 20.5. The SMILES string of the molecule is CCOC(=O)c1sc(C(C)NC(=NC)NCCN(C)c2ccccc2)nc1C.I. The van der Waals surface area contributed by atoms with Crippen LogP contribution in [0.1, 0.15) is 40.3 Å². The highest BCUT2D eigenvalue weighted by Crippen LogP contribution is 2.24. The Bertz CT molecular complexity index is 797. The molecule has 0 aliphatic carbocycles. The third kappa shape index (κ3) is 7.46. The summed E-state index contributed by atoms with van der Waals surface area (Å²) < 4.78 is 5.09. The number of aryl methyl sites for hydroxylation is 1. The van der Waals surface area contributed by atoms with Gasteiger partial charge in [0.15, 0.2) is 5.96 Å². The molecule has 0 aliphatic rings. The third-order valence-corrected chi connectivity index (χ3v) is 5.48. The highest BCUT2D eigenvalue weighted by molar-refractivity contribution is 14.0. The maximum atomic E-state index is 12.0. The predicted molar refractivity (Wildman–Crippen MR) is 131 cm³/mol. The lowest BCUT2D eigenvalue weighted by molar-refractivity contribution is 0.0531. The number of ether oxygens (including phenoxy) is 1. The van der Waals surface area contributed by atoms with Crippen LogP contribution in [0.5, 0.6) is 0 Å². The maximum Gasteiger partial charge on any atom is 0.350 e. The van der Waals surface area contributed by atoms with E-state index in [1.807, 2.05) is 32.0 Å². The standard InChI is InChI=1S/C20H29N5O2S.HI/c1-6-27-19(26)17-14(2)23-18(28-17)15(3)24-20(21-4)22-12-13-25(5)16-10-8-7-9-11-16;/h7-11,15H,6,12-13H2,1-5H3,(H2,21,22,24);1H. The van der Waals surface area contributed by atoms with Gasteiger partial charge >= 0.3 is 5.97 Å². The lowest BCUT2D eigenvalue weighted by Crippen LogP contribution is -2.41. The molecule has 0 aliphatic heterocycles. The van der Waals surface area contributed by atoms with Crippen LogP contribution in [0.3, 0.4) is 0 Å². The van der Waals surface area contributed by atoms with Crippen molar-refractivity contribution in [1.82, 2.24) is 15.6 Å². The molecule has 0 amide bonds. The summed E-state index contributed by atoms with van der Waals surface area (Å²) in [7, 11) is 3.80. The Morgan fingerprint density at radius 3 is 2.66 bits per heavy atom. The number of aliphatic imine (C=N–C) groups is 1. The number of rotatable bonds is 8. The van der Waals surface area contributed by atoms with E-state index in [4.69, 9.17) is 4.74 Å². The number of aromatic nitrogens is 1. The summed E-state index contributed by atoms with van der Waals surface area (Å²) in [6.07, 6.45) is 0. The summed E-state index contributed by atoms with van der Waals surface area (Å²) in [5, 5.41) is 7.47. The first kappa shape index (κ1) is 25.2. The van der Waals surface area contributed by atoms with Crippen molar-refractivity contribution in [3.63, 3.8) is 0 Å². The lowest BCUT2D eigenvalue weighted by atomic mass is 10.3. The number of hydrogen-bond acceptors (Lipinski definition) is 6. The minimum absolute atomic E-state index is 0. The Morgan fingerprint density at radius 1 is 1.34 bits per heavy atom. The molecule has 2 N–H and O–H groups in total. The molecule has 1 unspecified atom stereocenters. The Balaban J connectivity index is 0.00000420. The molecular formula is C20H30IN5O2S. The fourth-order valence-corrected chi connectivity index (χ4v) is 3.57. The van der Waals surface area contributed by atoms with Crippen LogP contribution in [0.2, 0.25) is 0 Å². The van der Waals surface area contributed by atoms with E-state index in [1.165, 1.54) is 17.0 Å². The topological polar surface area (TPSA) is 78.8 Å². The Hall–Kier alpha value is -1.88. The molecule has 0 saturated heterocycles. The monoisotopic (exact) mass is 531 g/mol. The van der Waals surface area contributed by atoms with Gasteiger partial charge in [-0.2, -0.15) is 0 Å². The van der Waals surface area contributed by atoms with Gasteiger partial charge in [-0.05, 0) is 32.9 Å². The quantitative estimate of drug-likeness (QED) is 0.235. The first-order chi connectivity index (χ1) is 13.5. The number of nitrogens with zero attached hydrogens (tertiary/aromatic N) is 3. The molecule has 1 aromatic heterocycles. The number of hydrogen-bond donors (Lipinski definition) is 2. The number of esters is 1. The van der Waals surface area contributed by atoms with Gasteiger partial charge in [-0.25, -0.2) is 9.78 Å². The van der Waals surface area contributed by atoms with Crippen molar-refractivity contribution in [3.05, 3.63) is 45.9 Å². The summed E-state index contributed by atoms with van der Waals surface area (Å²) in [5.41, 5.74) is 1.87. The first-order valence-electron chi connectivity index (χ1n) is 9.34. The number of carbonyl (C=O) groups excluding carboxylic acids is 1. The molecule has 0 spiro atoms. The van der Waals surface area contributed by atoms with Crippen LogP contribution in [0.15, 0.2) is 35.3 Å². The van der Waals surface area contributed by atoms with Gasteiger partial charge in [-0.1, -0.05) is 18.2 Å². The molecule has 2 aromatic rings. The summed E-state index contributed by atoms with van der Waals surface area (Å²) in [5.74, 6) is 0.377. The summed E-state index contributed by atoms with van der Waals surface area (Å²) >= 11 is 1.35. The van der Waals surface area contributed by atoms with Gasteiger partial charge in [0, 0.05) is 32.9 Å². The van der Waals surface area contributed by atoms with Gasteiger partial charge < -0.3 is 20.3 Å².